The van der Waals surface area contributed by atoms with Crippen molar-refractivity contribution in [3.8, 4) is 0 Å². The first kappa shape index (κ1) is 18.4. The summed E-state index contributed by atoms with van der Waals surface area (Å²) in [5.74, 6) is -0.00748. The quantitative estimate of drug-likeness (QED) is 0.793. The highest BCUT2D eigenvalue weighted by Crippen LogP contribution is 2.16. The van der Waals surface area contributed by atoms with Crippen LogP contribution in [0.4, 0.5) is 0 Å². The van der Waals surface area contributed by atoms with Gasteiger partial charge in [0.1, 0.15) is 0 Å². The molecule has 1 N–H and O–H groups in total. The largest absolute Gasteiger partial charge is 0.341 e. The smallest absolute Gasteiger partial charge is 0.332 e. The lowest BCUT2D eigenvalue weighted by Gasteiger charge is -2.35. The van der Waals surface area contributed by atoms with Gasteiger partial charge in [-0.3, -0.25) is 23.6 Å². The van der Waals surface area contributed by atoms with Crippen molar-refractivity contribution < 1.29 is 4.79 Å². The molecule has 9 heteroatoms. The summed E-state index contributed by atoms with van der Waals surface area (Å²) < 4.78 is 4.32. The van der Waals surface area contributed by atoms with E-state index in [1.54, 1.807) is 20.3 Å². The second-order valence-corrected chi connectivity index (χ2v) is 6.92. The number of imidazole rings is 1. The van der Waals surface area contributed by atoms with Crippen LogP contribution in [0.25, 0.3) is 11.2 Å². The Morgan fingerprint density at radius 3 is 2.73 bits per heavy atom. The van der Waals surface area contributed by atoms with Gasteiger partial charge in [0.2, 0.25) is 5.91 Å². The maximum Gasteiger partial charge on any atom is 0.332 e. The summed E-state index contributed by atoms with van der Waals surface area (Å²) in [6.45, 7) is 3.97. The summed E-state index contributed by atoms with van der Waals surface area (Å²) in [4.78, 5) is 42.4. The van der Waals surface area contributed by atoms with E-state index in [2.05, 4.69) is 15.2 Å². The number of nitrogens with one attached hydrogen (secondary N) is 1. The lowest BCUT2D eigenvalue weighted by atomic mass is 10.1. The number of hydrogen-bond acceptors (Lipinski definition) is 5. The van der Waals surface area contributed by atoms with Crippen LogP contribution < -0.4 is 16.6 Å². The van der Waals surface area contributed by atoms with Crippen molar-refractivity contribution in [1.29, 1.82) is 0 Å². The summed E-state index contributed by atoms with van der Waals surface area (Å²) >= 11 is 0. The number of hydrogen-bond donors (Lipinski definition) is 1. The fourth-order valence-electron chi connectivity index (χ4n) is 3.67. The minimum atomic E-state index is -0.376. The number of likely N-dealkylation sites (tertiary alicyclic amines) is 1. The Balaban J connectivity index is 1.73. The van der Waals surface area contributed by atoms with E-state index in [1.165, 1.54) is 11.6 Å². The van der Waals surface area contributed by atoms with Crippen LogP contribution in [-0.4, -0.2) is 48.7 Å². The van der Waals surface area contributed by atoms with Gasteiger partial charge in [-0.2, -0.15) is 0 Å². The Bertz CT molecular complexity index is 925. The Kier molecular flexibility index (Phi) is 5.26. The van der Waals surface area contributed by atoms with E-state index in [-0.39, 0.29) is 23.3 Å². The highest BCUT2D eigenvalue weighted by molar-refractivity contribution is 5.73. The molecule has 0 bridgehead atoms. The molecule has 1 amide bonds. The number of piperidine rings is 1. The molecule has 26 heavy (non-hydrogen) atoms. The minimum Gasteiger partial charge on any atom is -0.341 e. The molecule has 2 aromatic rings. The van der Waals surface area contributed by atoms with Crippen LogP contribution in [0.5, 0.6) is 0 Å². The first-order valence-electron chi connectivity index (χ1n) is 9.02. The van der Waals surface area contributed by atoms with Crippen molar-refractivity contribution in [2.24, 2.45) is 14.1 Å². The third-order valence-corrected chi connectivity index (χ3v) is 5.05. The van der Waals surface area contributed by atoms with E-state index in [4.69, 9.17) is 0 Å². The van der Waals surface area contributed by atoms with E-state index in [0.717, 1.165) is 43.3 Å². The van der Waals surface area contributed by atoms with Gasteiger partial charge in [-0.1, -0.05) is 0 Å². The number of amides is 1. The third kappa shape index (κ3) is 3.44. The number of aryl methyl sites for hydroxylation is 2. The van der Waals surface area contributed by atoms with Gasteiger partial charge >= 0.3 is 5.69 Å². The summed E-state index contributed by atoms with van der Waals surface area (Å²) in [5, 5.41) is 3.01. The van der Waals surface area contributed by atoms with Gasteiger partial charge in [-0.05, 0) is 25.7 Å². The van der Waals surface area contributed by atoms with Crippen molar-refractivity contribution in [2.75, 3.05) is 13.1 Å². The molecule has 1 aliphatic heterocycles. The molecule has 0 aliphatic carbocycles. The van der Waals surface area contributed by atoms with Crippen LogP contribution in [-0.2, 0) is 25.4 Å². The lowest BCUT2D eigenvalue weighted by Crippen LogP contribution is -2.50. The van der Waals surface area contributed by atoms with Gasteiger partial charge in [-0.25, -0.2) is 9.78 Å². The van der Waals surface area contributed by atoms with E-state index < -0.39 is 0 Å². The molecule has 0 spiro atoms. The fourth-order valence-corrected chi connectivity index (χ4v) is 3.67. The normalized spacial score (nSPS) is 18.3. The van der Waals surface area contributed by atoms with Crippen LogP contribution in [0, 0.1) is 0 Å². The topological polar surface area (TPSA) is 94.2 Å². The van der Waals surface area contributed by atoms with Crippen molar-refractivity contribution in [3.05, 3.63) is 27.2 Å². The molecule has 1 aliphatic rings. The summed E-state index contributed by atoms with van der Waals surface area (Å²) in [5.41, 5.74) is 0.160. The SMILES string of the molecule is CC(=O)NC1CCCCN1CCCn1cnc2c1c(=O)n(C)c(=O)n2C. The zero-order chi connectivity index (χ0) is 18.8. The lowest BCUT2D eigenvalue weighted by molar-refractivity contribution is -0.121. The Labute approximate surface area is 151 Å². The Morgan fingerprint density at radius 1 is 1.23 bits per heavy atom. The molecule has 1 atom stereocenters. The van der Waals surface area contributed by atoms with Gasteiger partial charge in [0, 0.05) is 40.7 Å². The van der Waals surface area contributed by atoms with E-state index >= 15 is 0 Å². The van der Waals surface area contributed by atoms with Crippen LogP contribution in [0.3, 0.4) is 0 Å². The molecule has 3 heterocycles. The second-order valence-electron chi connectivity index (χ2n) is 6.92. The molecule has 1 fully saturated rings. The maximum atomic E-state index is 12.5. The van der Waals surface area contributed by atoms with Gasteiger partial charge in [0.15, 0.2) is 11.2 Å². The Hall–Kier alpha value is -2.42. The van der Waals surface area contributed by atoms with Gasteiger partial charge in [0.05, 0.1) is 12.5 Å². The van der Waals surface area contributed by atoms with E-state index in [1.807, 2.05) is 4.57 Å². The molecule has 2 aromatic heterocycles. The minimum absolute atomic E-state index is 0.00748. The number of aromatic nitrogens is 4. The maximum absolute atomic E-state index is 12.5. The van der Waals surface area contributed by atoms with Crippen LogP contribution in [0.2, 0.25) is 0 Å². The molecule has 0 aromatic carbocycles. The molecular formula is C17H26N6O3. The summed E-state index contributed by atoms with van der Waals surface area (Å²) in [6, 6.07) is 0. The number of fused-ring (bicyclic) bond motifs is 1. The van der Waals surface area contributed by atoms with Gasteiger partial charge < -0.3 is 9.88 Å². The molecular weight excluding hydrogens is 336 g/mol. The standard InChI is InChI=1S/C17H26N6O3/c1-12(24)19-13-7-4-5-8-22(13)9-6-10-23-11-18-15-14(23)16(25)21(3)17(26)20(15)2/h11,13H,4-10H2,1-3H3,(H,19,24). The van der Waals surface area contributed by atoms with Gasteiger partial charge in [-0.15, -0.1) is 0 Å². The van der Waals surface area contributed by atoms with Crippen molar-refractivity contribution in [3.63, 3.8) is 0 Å². The van der Waals surface area contributed by atoms with Crippen molar-refractivity contribution in [2.45, 2.75) is 45.3 Å². The monoisotopic (exact) mass is 362 g/mol. The molecule has 1 unspecified atom stereocenters. The van der Waals surface area contributed by atoms with Crippen LogP contribution in [0.1, 0.15) is 32.6 Å². The highest BCUT2D eigenvalue weighted by Gasteiger charge is 2.22. The Morgan fingerprint density at radius 2 is 2.00 bits per heavy atom. The van der Waals surface area contributed by atoms with Crippen molar-refractivity contribution in [1.82, 2.24) is 28.9 Å². The second kappa shape index (κ2) is 7.45. The number of carbonyl (C=O) groups is 1. The molecule has 1 saturated heterocycles. The molecule has 0 saturated carbocycles. The summed E-state index contributed by atoms with van der Waals surface area (Å²) in [6.07, 6.45) is 5.76. The number of nitrogens with zero attached hydrogens (tertiary/aromatic N) is 5. The average molecular weight is 362 g/mol. The van der Waals surface area contributed by atoms with Crippen LogP contribution >= 0.6 is 0 Å². The first-order valence-corrected chi connectivity index (χ1v) is 9.02. The predicted octanol–water partition coefficient (Wildman–Crippen LogP) is -0.228. The van der Waals surface area contributed by atoms with E-state index in [0.29, 0.717) is 17.7 Å². The van der Waals surface area contributed by atoms with Gasteiger partial charge in [0.25, 0.3) is 5.56 Å². The molecule has 3 rings (SSSR count). The molecule has 142 valence electrons. The molecule has 0 radical (unpaired) electrons. The van der Waals surface area contributed by atoms with Crippen molar-refractivity contribution >= 4 is 17.1 Å². The number of carbonyl (C=O) groups excluding carboxylic acids is 1. The third-order valence-electron chi connectivity index (χ3n) is 5.05. The highest BCUT2D eigenvalue weighted by atomic mass is 16.2. The number of rotatable bonds is 5. The summed E-state index contributed by atoms with van der Waals surface area (Å²) in [7, 11) is 3.10. The van der Waals surface area contributed by atoms with Crippen LogP contribution in [0.15, 0.2) is 15.9 Å². The first-order chi connectivity index (χ1) is 12.4. The molecule has 9 nitrogen and oxygen atoms in total. The average Bonchev–Trinajstić information content (AvgIpc) is 3.03. The predicted molar refractivity (Wildman–Crippen MR) is 97.9 cm³/mol. The zero-order valence-electron chi connectivity index (χ0n) is 15.6. The van der Waals surface area contributed by atoms with E-state index in [9.17, 15) is 14.4 Å². The fraction of sp³-hybridized carbons (Fsp3) is 0.647. The zero-order valence-corrected chi connectivity index (χ0v) is 15.6.